The Kier molecular flexibility index (Phi) is 5.98. The number of rotatable bonds is 3. The Hall–Kier alpha value is -2.17. The molecule has 1 heterocycles. The quantitative estimate of drug-likeness (QED) is 0.719. The van der Waals surface area contributed by atoms with Gasteiger partial charge in [0.1, 0.15) is 0 Å². The number of carbonyl (C=O) groups excluding carboxylic acids is 2. The molecule has 138 valence electrons. The van der Waals surface area contributed by atoms with Crippen LogP contribution in [-0.2, 0) is 10.2 Å². The van der Waals surface area contributed by atoms with Gasteiger partial charge in [-0.1, -0.05) is 17.7 Å². The van der Waals surface area contributed by atoms with Crippen LogP contribution in [0, 0.1) is 6.92 Å². The van der Waals surface area contributed by atoms with Crippen molar-refractivity contribution >= 4 is 22.1 Å². The Bertz CT molecular complexity index is 725. The van der Waals surface area contributed by atoms with E-state index in [0.29, 0.717) is 5.56 Å². The average molecular weight is 369 g/mol. The number of piperazine rings is 1. The van der Waals surface area contributed by atoms with E-state index in [4.69, 9.17) is 0 Å². The molecule has 2 N–H and O–H groups in total. The van der Waals surface area contributed by atoms with Gasteiger partial charge >= 0.3 is 6.03 Å². The lowest BCUT2D eigenvalue weighted by molar-refractivity contribution is 0.0926. The fourth-order valence-electron chi connectivity index (χ4n) is 2.32. The summed E-state index contributed by atoms with van der Waals surface area (Å²) in [6, 6.07) is 6.48. The summed E-state index contributed by atoms with van der Waals surface area (Å²) >= 11 is 0. The van der Waals surface area contributed by atoms with E-state index >= 15 is 0 Å². The molecule has 1 aliphatic heterocycles. The third-order valence-electron chi connectivity index (χ3n) is 3.91. The standard InChI is InChI=1S/C15H23N5O4S/c1-12-4-6-13(7-5-12)14(21)16-17-15(22)19-8-10-20(11-9-19)25(23,24)18(2)3/h4-7H,8-11H2,1-3H3,(H,16,21)(H,17,22). The maximum atomic E-state index is 12.1. The molecule has 1 aromatic carbocycles. The van der Waals surface area contributed by atoms with Crippen molar-refractivity contribution in [3.05, 3.63) is 35.4 Å². The van der Waals surface area contributed by atoms with E-state index in [2.05, 4.69) is 10.9 Å². The largest absolute Gasteiger partial charge is 0.336 e. The molecule has 0 radical (unpaired) electrons. The third-order valence-corrected chi connectivity index (χ3v) is 5.85. The van der Waals surface area contributed by atoms with E-state index in [0.717, 1.165) is 9.87 Å². The zero-order chi connectivity index (χ0) is 18.6. The maximum Gasteiger partial charge on any atom is 0.336 e. The monoisotopic (exact) mass is 369 g/mol. The predicted molar refractivity (Wildman–Crippen MR) is 92.9 cm³/mol. The molecule has 0 aromatic heterocycles. The lowest BCUT2D eigenvalue weighted by Gasteiger charge is -2.34. The first kappa shape index (κ1) is 19.2. The van der Waals surface area contributed by atoms with Crippen molar-refractivity contribution in [3.8, 4) is 0 Å². The van der Waals surface area contributed by atoms with E-state index in [1.165, 1.54) is 23.3 Å². The van der Waals surface area contributed by atoms with Crippen LogP contribution in [0.3, 0.4) is 0 Å². The van der Waals surface area contributed by atoms with E-state index < -0.39 is 22.1 Å². The minimum Gasteiger partial charge on any atom is -0.321 e. The van der Waals surface area contributed by atoms with Crippen LogP contribution in [-0.4, -0.2) is 74.1 Å². The van der Waals surface area contributed by atoms with Gasteiger partial charge in [0.05, 0.1) is 0 Å². The van der Waals surface area contributed by atoms with Crippen LogP contribution >= 0.6 is 0 Å². The second-order valence-electron chi connectivity index (χ2n) is 5.93. The van der Waals surface area contributed by atoms with Crippen molar-refractivity contribution < 1.29 is 18.0 Å². The SMILES string of the molecule is Cc1ccc(C(=O)NNC(=O)N2CCN(S(=O)(=O)N(C)C)CC2)cc1. The summed E-state index contributed by atoms with van der Waals surface area (Å²) in [6.07, 6.45) is 0. The number of hydrogen-bond donors (Lipinski definition) is 2. The van der Waals surface area contributed by atoms with Crippen molar-refractivity contribution in [3.63, 3.8) is 0 Å². The van der Waals surface area contributed by atoms with E-state index in [1.807, 2.05) is 6.92 Å². The minimum absolute atomic E-state index is 0.208. The number of hydrogen-bond acceptors (Lipinski definition) is 4. The number of hydrazine groups is 1. The Morgan fingerprint density at radius 3 is 2.08 bits per heavy atom. The van der Waals surface area contributed by atoms with Crippen molar-refractivity contribution in [1.82, 2.24) is 24.4 Å². The number of nitrogens with zero attached hydrogens (tertiary/aromatic N) is 3. The summed E-state index contributed by atoms with van der Waals surface area (Å²) < 4.78 is 26.5. The molecule has 0 unspecified atom stereocenters. The van der Waals surface area contributed by atoms with Gasteiger partial charge in [-0.15, -0.1) is 0 Å². The van der Waals surface area contributed by atoms with Gasteiger partial charge in [-0.2, -0.15) is 17.0 Å². The van der Waals surface area contributed by atoms with Gasteiger partial charge in [0.2, 0.25) is 0 Å². The Morgan fingerprint density at radius 2 is 1.56 bits per heavy atom. The summed E-state index contributed by atoms with van der Waals surface area (Å²) in [5.74, 6) is -0.415. The molecule has 0 saturated carbocycles. The highest BCUT2D eigenvalue weighted by molar-refractivity contribution is 7.86. The van der Waals surface area contributed by atoms with Crippen LogP contribution in [0.15, 0.2) is 24.3 Å². The van der Waals surface area contributed by atoms with Crippen LogP contribution in [0.1, 0.15) is 15.9 Å². The van der Waals surface area contributed by atoms with Gasteiger partial charge < -0.3 is 4.90 Å². The summed E-state index contributed by atoms with van der Waals surface area (Å²) in [5.41, 5.74) is 6.18. The molecule has 1 aliphatic rings. The van der Waals surface area contributed by atoms with Gasteiger partial charge in [-0.05, 0) is 19.1 Å². The molecule has 0 bridgehead atoms. The molecule has 25 heavy (non-hydrogen) atoms. The molecule has 3 amide bonds. The lowest BCUT2D eigenvalue weighted by Crippen LogP contribution is -2.57. The molecule has 1 saturated heterocycles. The topological polar surface area (TPSA) is 102 Å². The number of aryl methyl sites for hydroxylation is 1. The van der Waals surface area contributed by atoms with Crippen LogP contribution in [0.2, 0.25) is 0 Å². The molecule has 10 heteroatoms. The summed E-state index contributed by atoms with van der Waals surface area (Å²) in [4.78, 5) is 25.5. The first-order valence-corrected chi connectivity index (χ1v) is 9.21. The van der Waals surface area contributed by atoms with Crippen molar-refractivity contribution in [2.45, 2.75) is 6.92 Å². The minimum atomic E-state index is -3.48. The highest BCUT2D eigenvalue weighted by atomic mass is 32.2. The van der Waals surface area contributed by atoms with Gasteiger partial charge in [-0.3, -0.25) is 10.2 Å². The molecule has 0 aliphatic carbocycles. The smallest absolute Gasteiger partial charge is 0.321 e. The fraction of sp³-hybridized carbons (Fsp3) is 0.467. The van der Waals surface area contributed by atoms with Gasteiger partial charge in [0.15, 0.2) is 0 Å². The molecule has 9 nitrogen and oxygen atoms in total. The molecule has 0 atom stereocenters. The van der Waals surface area contributed by atoms with Crippen molar-refractivity contribution in [2.75, 3.05) is 40.3 Å². The Labute approximate surface area is 147 Å². The molecular formula is C15H23N5O4S. The highest BCUT2D eigenvalue weighted by Crippen LogP contribution is 2.09. The maximum absolute atomic E-state index is 12.1. The van der Waals surface area contributed by atoms with Crippen molar-refractivity contribution in [2.24, 2.45) is 0 Å². The Balaban J connectivity index is 1.83. The van der Waals surface area contributed by atoms with Crippen LogP contribution in [0.25, 0.3) is 0 Å². The van der Waals surface area contributed by atoms with E-state index in [1.54, 1.807) is 24.3 Å². The van der Waals surface area contributed by atoms with E-state index in [9.17, 15) is 18.0 Å². The first-order valence-electron chi connectivity index (χ1n) is 7.81. The van der Waals surface area contributed by atoms with Gasteiger partial charge in [-0.25, -0.2) is 10.2 Å². The predicted octanol–water partition coefficient (Wildman–Crippen LogP) is -0.227. The van der Waals surface area contributed by atoms with Gasteiger partial charge in [0, 0.05) is 45.8 Å². The fourth-order valence-corrected chi connectivity index (χ4v) is 3.41. The number of amides is 3. The van der Waals surface area contributed by atoms with Crippen LogP contribution in [0.5, 0.6) is 0 Å². The molecule has 0 spiro atoms. The summed E-state index contributed by atoms with van der Waals surface area (Å²) in [6.45, 7) is 2.83. The average Bonchev–Trinajstić information content (AvgIpc) is 2.60. The summed E-state index contributed by atoms with van der Waals surface area (Å²) in [7, 11) is -0.541. The lowest BCUT2D eigenvalue weighted by atomic mass is 10.1. The normalized spacial score (nSPS) is 15.9. The number of benzene rings is 1. The zero-order valence-corrected chi connectivity index (χ0v) is 15.3. The van der Waals surface area contributed by atoms with Gasteiger partial charge in [0.25, 0.3) is 16.1 Å². The van der Waals surface area contributed by atoms with Crippen LogP contribution < -0.4 is 10.9 Å². The van der Waals surface area contributed by atoms with E-state index in [-0.39, 0.29) is 26.2 Å². The second kappa shape index (κ2) is 7.81. The second-order valence-corrected chi connectivity index (χ2v) is 8.07. The third kappa shape index (κ3) is 4.68. The molecule has 1 fully saturated rings. The molecule has 1 aromatic rings. The van der Waals surface area contributed by atoms with Crippen LogP contribution in [0.4, 0.5) is 4.79 Å². The Morgan fingerprint density at radius 1 is 1.00 bits per heavy atom. The highest BCUT2D eigenvalue weighted by Gasteiger charge is 2.30. The zero-order valence-electron chi connectivity index (χ0n) is 14.5. The van der Waals surface area contributed by atoms with Crippen molar-refractivity contribution in [1.29, 1.82) is 0 Å². The summed E-state index contributed by atoms with van der Waals surface area (Å²) in [5, 5.41) is 0. The number of carbonyl (C=O) groups is 2. The first-order chi connectivity index (χ1) is 11.7. The molecular weight excluding hydrogens is 346 g/mol. The number of urea groups is 1. The number of nitrogens with one attached hydrogen (secondary N) is 2. The molecule has 2 rings (SSSR count).